The van der Waals surface area contributed by atoms with Gasteiger partial charge in [-0.3, -0.25) is 9.59 Å². The van der Waals surface area contributed by atoms with Crippen molar-refractivity contribution in [3.8, 4) is 11.4 Å². The summed E-state index contributed by atoms with van der Waals surface area (Å²) >= 11 is 0. The van der Waals surface area contributed by atoms with Crippen LogP contribution in [0.4, 0.5) is 13.2 Å². The van der Waals surface area contributed by atoms with Gasteiger partial charge in [0.25, 0.3) is 11.5 Å². The summed E-state index contributed by atoms with van der Waals surface area (Å²) in [6, 6.07) is 8.24. The molecule has 0 spiro atoms. The van der Waals surface area contributed by atoms with E-state index in [-0.39, 0.29) is 11.5 Å². The Morgan fingerprint density at radius 1 is 1.06 bits per heavy atom. The number of para-hydroxylation sites is 1. The predicted octanol–water partition coefficient (Wildman–Crippen LogP) is 3.76. The van der Waals surface area contributed by atoms with Crippen LogP contribution >= 0.6 is 0 Å². The Kier molecular flexibility index (Phi) is 6.01. The summed E-state index contributed by atoms with van der Waals surface area (Å²) in [6.07, 6.45) is 2.34. The minimum Gasteiger partial charge on any atom is -0.507 e. The second-order valence-electron chi connectivity index (χ2n) is 8.08. The van der Waals surface area contributed by atoms with E-state index in [1.165, 1.54) is 18.6 Å². The summed E-state index contributed by atoms with van der Waals surface area (Å²) in [6.45, 7) is 3.08. The summed E-state index contributed by atoms with van der Waals surface area (Å²) < 4.78 is 39.0. The van der Waals surface area contributed by atoms with Crippen molar-refractivity contribution in [1.29, 1.82) is 0 Å². The van der Waals surface area contributed by atoms with Gasteiger partial charge in [-0.05, 0) is 50.5 Å². The zero-order valence-corrected chi connectivity index (χ0v) is 17.9. The number of pyridine rings is 1. The number of carbonyl (C=O) groups excluding carboxylic acids is 1. The molecule has 0 radical (unpaired) electrons. The van der Waals surface area contributed by atoms with Crippen molar-refractivity contribution in [3.05, 3.63) is 76.2 Å². The molecule has 1 aromatic carbocycles. The van der Waals surface area contributed by atoms with Crippen LogP contribution < -0.4 is 5.56 Å². The van der Waals surface area contributed by atoms with Crippen molar-refractivity contribution in [2.45, 2.75) is 44.9 Å². The molecule has 0 bridgehead atoms. The van der Waals surface area contributed by atoms with Gasteiger partial charge < -0.3 is 19.1 Å². The topological polar surface area (TPSA) is 80.4 Å². The first-order valence-electron chi connectivity index (χ1n) is 10.6. The molecule has 1 amide bonds. The van der Waals surface area contributed by atoms with Crippen molar-refractivity contribution >= 4 is 5.91 Å². The average Bonchev–Trinajstić information content (AvgIpc) is 3.15. The summed E-state index contributed by atoms with van der Waals surface area (Å²) in [4.78, 5) is 31.4. The zero-order chi connectivity index (χ0) is 23.8. The van der Waals surface area contributed by atoms with Crippen molar-refractivity contribution < 1.29 is 23.1 Å². The van der Waals surface area contributed by atoms with E-state index >= 15 is 0 Å². The molecule has 1 fully saturated rings. The number of hydrogen-bond donors (Lipinski definition) is 1. The number of phenolic OH excluding ortho intramolecular Hbond substituents is 1. The average molecular weight is 460 g/mol. The molecule has 1 aliphatic heterocycles. The number of aromatic nitrogens is 3. The number of aryl methyl sites for hydroxylation is 1. The summed E-state index contributed by atoms with van der Waals surface area (Å²) in [5.74, 6) is -0.749. The van der Waals surface area contributed by atoms with Gasteiger partial charge in [-0.15, -0.1) is 0 Å². The van der Waals surface area contributed by atoms with Crippen LogP contribution in [0.3, 0.4) is 0 Å². The number of nitrogens with zero attached hydrogens (tertiary/aromatic N) is 4. The monoisotopic (exact) mass is 460 g/mol. The third-order valence-corrected chi connectivity index (χ3v) is 5.91. The van der Waals surface area contributed by atoms with Crippen LogP contribution in [0.25, 0.3) is 5.69 Å². The first kappa shape index (κ1) is 22.6. The normalized spacial score (nSPS) is 16.0. The Morgan fingerprint density at radius 2 is 1.79 bits per heavy atom. The minimum absolute atomic E-state index is 0.0126. The summed E-state index contributed by atoms with van der Waals surface area (Å²) in [7, 11) is 0. The molecule has 174 valence electrons. The molecule has 2 aromatic heterocycles. The Morgan fingerprint density at radius 3 is 2.33 bits per heavy atom. The maximum Gasteiger partial charge on any atom is 0.419 e. The number of alkyl halides is 3. The second kappa shape index (κ2) is 8.76. The molecule has 33 heavy (non-hydrogen) atoms. The SMILES string of the molecule is Cc1cn(-c2ccc3n(c2=O)CCN(C2CCC2)C3=O)cn1.Oc1ccccc1C(F)(F)F. The predicted molar refractivity (Wildman–Crippen MR) is 114 cm³/mol. The first-order chi connectivity index (χ1) is 15.7. The highest BCUT2D eigenvalue weighted by Crippen LogP contribution is 2.34. The number of carbonyl (C=O) groups is 1. The van der Waals surface area contributed by atoms with Gasteiger partial charge in [-0.1, -0.05) is 12.1 Å². The smallest absolute Gasteiger partial charge is 0.419 e. The number of benzene rings is 1. The minimum atomic E-state index is -4.47. The molecule has 0 unspecified atom stereocenters. The van der Waals surface area contributed by atoms with E-state index in [4.69, 9.17) is 5.11 Å². The number of rotatable bonds is 2. The van der Waals surface area contributed by atoms with Crippen molar-refractivity contribution in [3.63, 3.8) is 0 Å². The number of hydrogen-bond acceptors (Lipinski definition) is 4. The molecule has 1 N–H and O–H groups in total. The van der Waals surface area contributed by atoms with Gasteiger partial charge in [-0.2, -0.15) is 13.2 Å². The number of aromatic hydroxyl groups is 1. The third-order valence-electron chi connectivity index (χ3n) is 5.91. The van der Waals surface area contributed by atoms with Crippen LogP contribution in [-0.2, 0) is 12.7 Å². The van der Waals surface area contributed by atoms with E-state index in [0.717, 1.165) is 30.7 Å². The van der Waals surface area contributed by atoms with Crippen LogP contribution in [0.1, 0.15) is 41.0 Å². The fourth-order valence-electron chi connectivity index (χ4n) is 3.94. The van der Waals surface area contributed by atoms with E-state index < -0.39 is 17.5 Å². The number of halogens is 3. The lowest BCUT2D eigenvalue weighted by Gasteiger charge is -2.40. The Hall–Kier alpha value is -3.56. The van der Waals surface area contributed by atoms with Crippen LogP contribution in [-0.4, -0.2) is 42.6 Å². The molecule has 7 nitrogen and oxygen atoms in total. The highest BCUT2D eigenvalue weighted by atomic mass is 19.4. The van der Waals surface area contributed by atoms with Crippen LogP contribution in [0.5, 0.6) is 5.75 Å². The maximum absolute atomic E-state index is 12.7. The van der Waals surface area contributed by atoms with Crippen molar-refractivity contribution in [2.75, 3.05) is 6.54 Å². The molecular formula is C23H23F3N4O3. The molecule has 1 aliphatic carbocycles. The standard InChI is InChI=1S/C16H18N4O2.C7H5F3O/c1-11-9-18(10-17-11)13-5-6-14-16(22)19(12-3-2-4-12)7-8-20(14)15(13)21;8-7(9,10)5-3-1-2-4-6(5)11/h5-6,9-10,12H,2-4,7-8H2,1H3;1-4,11H. The van der Waals surface area contributed by atoms with Gasteiger partial charge >= 0.3 is 6.18 Å². The van der Waals surface area contributed by atoms with Crippen LogP contribution in [0.15, 0.2) is 53.7 Å². The zero-order valence-electron chi connectivity index (χ0n) is 17.9. The Balaban J connectivity index is 0.000000200. The van der Waals surface area contributed by atoms with E-state index in [1.54, 1.807) is 27.6 Å². The van der Waals surface area contributed by atoms with Gasteiger partial charge in [0.1, 0.15) is 17.1 Å². The molecule has 1 saturated carbocycles. The molecule has 2 aliphatic rings. The third kappa shape index (κ3) is 4.50. The summed E-state index contributed by atoms with van der Waals surface area (Å²) in [5.41, 5.74) is 0.767. The van der Waals surface area contributed by atoms with Crippen LogP contribution in [0.2, 0.25) is 0 Å². The van der Waals surface area contributed by atoms with E-state index in [2.05, 4.69) is 4.98 Å². The number of imidazole rings is 1. The van der Waals surface area contributed by atoms with Crippen molar-refractivity contribution in [1.82, 2.24) is 19.0 Å². The number of phenols is 1. The maximum atomic E-state index is 12.7. The second-order valence-corrected chi connectivity index (χ2v) is 8.08. The molecule has 0 atom stereocenters. The Labute approximate surface area is 187 Å². The van der Waals surface area contributed by atoms with E-state index in [9.17, 15) is 22.8 Å². The first-order valence-corrected chi connectivity index (χ1v) is 10.6. The van der Waals surface area contributed by atoms with Crippen molar-refractivity contribution in [2.24, 2.45) is 0 Å². The Bertz CT molecular complexity index is 1230. The van der Waals surface area contributed by atoms with Gasteiger partial charge in [0.2, 0.25) is 0 Å². The van der Waals surface area contributed by atoms with Gasteiger partial charge in [0.15, 0.2) is 0 Å². The van der Waals surface area contributed by atoms with E-state index in [0.29, 0.717) is 30.5 Å². The molecular weight excluding hydrogens is 437 g/mol. The van der Waals surface area contributed by atoms with E-state index in [1.807, 2.05) is 18.0 Å². The molecule has 3 aromatic rings. The van der Waals surface area contributed by atoms with Crippen LogP contribution in [0, 0.1) is 6.92 Å². The quantitative estimate of drug-likeness (QED) is 0.632. The van der Waals surface area contributed by atoms with Gasteiger partial charge in [0.05, 0.1) is 17.6 Å². The van der Waals surface area contributed by atoms with Gasteiger partial charge in [-0.25, -0.2) is 4.98 Å². The number of fused-ring (bicyclic) bond motifs is 1. The van der Waals surface area contributed by atoms with Gasteiger partial charge in [0, 0.05) is 25.3 Å². The largest absolute Gasteiger partial charge is 0.507 e. The molecule has 5 rings (SSSR count). The highest BCUT2D eigenvalue weighted by Gasteiger charge is 2.34. The molecule has 10 heteroatoms. The lowest BCUT2D eigenvalue weighted by molar-refractivity contribution is -0.138. The lowest BCUT2D eigenvalue weighted by atomic mass is 9.91. The summed E-state index contributed by atoms with van der Waals surface area (Å²) in [5, 5.41) is 8.73. The molecule has 3 heterocycles. The number of amides is 1. The fraction of sp³-hybridized carbons (Fsp3) is 0.348. The lowest BCUT2D eigenvalue weighted by Crippen LogP contribution is -2.51. The fourth-order valence-corrected chi connectivity index (χ4v) is 3.94. The molecule has 0 saturated heterocycles. The highest BCUT2D eigenvalue weighted by molar-refractivity contribution is 5.93.